The Bertz CT molecular complexity index is 383. The zero-order chi connectivity index (χ0) is 10.7. The first kappa shape index (κ1) is 10.6. The number of thiazole rings is 1. The molecule has 2 atom stereocenters. The number of carboxylic acid groups (broad SMARTS) is 1. The zero-order valence-electron chi connectivity index (χ0n) is 6.78. The molecule has 1 rings (SSSR count). The lowest BCUT2D eigenvalue weighted by atomic mass is 10.2. The van der Waals surface area contributed by atoms with E-state index in [0.717, 1.165) is 11.3 Å². The van der Waals surface area contributed by atoms with Gasteiger partial charge in [0.05, 0.1) is 6.07 Å². The predicted octanol–water partition coefficient (Wildman–Crippen LogP) is -0.241. The summed E-state index contributed by atoms with van der Waals surface area (Å²) in [6.45, 7) is 0. The molecule has 1 aromatic rings. The van der Waals surface area contributed by atoms with Crippen LogP contribution in [0.25, 0.3) is 0 Å². The first-order chi connectivity index (χ1) is 6.56. The topological polar surface area (TPSA) is 114 Å². The summed E-state index contributed by atoms with van der Waals surface area (Å²) in [7, 11) is 0. The van der Waals surface area contributed by atoms with Crippen LogP contribution in [-0.4, -0.2) is 32.4 Å². The summed E-state index contributed by atoms with van der Waals surface area (Å²) in [6.07, 6.45) is -3.05. The molecule has 3 N–H and O–H groups in total. The maximum absolute atomic E-state index is 10.4. The van der Waals surface area contributed by atoms with E-state index < -0.39 is 18.2 Å². The fourth-order valence-corrected chi connectivity index (χ4v) is 1.53. The average molecular weight is 214 g/mol. The van der Waals surface area contributed by atoms with Gasteiger partial charge in [0.15, 0.2) is 11.8 Å². The van der Waals surface area contributed by atoms with E-state index >= 15 is 0 Å². The van der Waals surface area contributed by atoms with E-state index in [-0.39, 0.29) is 10.7 Å². The van der Waals surface area contributed by atoms with Crippen LogP contribution in [0.4, 0.5) is 0 Å². The Morgan fingerprint density at radius 3 is 2.71 bits per heavy atom. The van der Waals surface area contributed by atoms with E-state index in [1.807, 2.05) is 0 Å². The van der Waals surface area contributed by atoms with Gasteiger partial charge in [-0.2, -0.15) is 5.26 Å². The lowest BCUT2D eigenvalue weighted by molar-refractivity contribution is 0.0521. The van der Waals surface area contributed by atoms with Crippen molar-refractivity contribution in [3.05, 3.63) is 16.1 Å². The Morgan fingerprint density at radius 2 is 2.29 bits per heavy atom. The van der Waals surface area contributed by atoms with Crippen LogP contribution in [0.1, 0.15) is 21.6 Å². The zero-order valence-corrected chi connectivity index (χ0v) is 7.60. The van der Waals surface area contributed by atoms with Gasteiger partial charge in [0.2, 0.25) is 0 Å². The smallest absolute Gasteiger partial charge is 0.355 e. The Balaban J connectivity index is 2.87. The normalized spacial score (nSPS) is 14.4. The number of aromatic nitrogens is 1. The van der Waals surface area contributed by atoms with Crippen LogP contribution >= 0.6 is 11.3 Å². The van der Waals surface area contributed by atoms with Gasteiger partial charge < -0.3 is 15.3 Å². The van der Waals surface area contributed by atoms with Crippen LogP contribution < -0.4 is 0 Å². The second-order valence-corrected chi connectivity index (χ2v) is 3.28. The number of aliphatic hydroxyl groups is 2. The summed E-state index contributed by atoms with van der Waals surface area (Å²) < 4.78 is 0. The molecule has 7 heteroatoms. The van der Waals surface area contributed by atoms with Gasteiger partial charge in [0.25, 0.3) is 0 Å². The molecular formula is C7H6N2O4S. The number of nitrogens with zero attached hydrogens (tertiary/aromatic N) is 2. The van der Waals surface area contributed by atoms with E-state index in [2.05, 4.69) is 4.98 Å². The minimum absolute atomic E-state index is 0.0106. The van der Waals surface area contributed by atoms with Gasteiger partial charge in [-0.15, -0.1) is 11.3 Å². The molecule has 0 aliphatic rings. The van der Waals surface area contributed by atoms with E-state index in [1.54, 1.807) is 0 Å². The Hall–Kier alpha value is -1.49. The molecule has 0 amide bonds. The van der Waals surface area contributed by atoms with Crippen molar-refractivity contribution in [3.63, 3.8) is 0 Å². The quantitative estimate of drug-likeness (QED) is 0.598. The first-order valence-corrected chi connectivity index (χ1v) is 4.38. The highest BCUT2D eigenvalue weighted by molar-refractivity contribution is 7.09. The van der Waals surface area contributed by atoms with Gasteiger partial charge in [-0.1, -0.05) is 0 Å². The molecule has 0 aliphatic heterocycles. The van der Waals surface area contributed by atoms with Crippen LogP contribution in [0.3, 0.4) is 0 Å². The maximum Gasteiger partial charge on any atom is 0.355 e. The molecule has 0 saturated heterocycles. The summed E-state index contributed by atoms with van der Waals surface area (Å²) in [4.78, 5) is 13.9. The first-order valence-electron chi connectivity index (χ1n) is 3.50. The molecule has 74 valence electrons. The van der Waals surface area contributed by atoms with Crippen molar-refractivity contribution in [1.29, 1.82) is 5.26 Å². The summed E-state index contributed by atoms with van der Waals surface area (Å²) in [5.41, 5.74) is -0.214. The van der Waals surface area contributed by atoms with Crippen molar-refractivity contribution in [1.82, 2.24) is 4.98 Å². The third-order valence-electron chi connectivity index (χ3n) is 1.43. The molecule has 0 spiro atoms. The average Bonchev–Trinajstić information content (AvgIpc) is 2.64. The fourth-order valence-electron chi connectivity index (χ4n) is 0.727. The van der Waals surface area contributed by atoms with Crippen molar-refractivity contribution in [3.8, 4) is 6.07 Å². The molecule has 0 aromatic carbocycles. The molecule has 2 unspecified atom stereocenters. The summed E-state index contributed by atoms with van der Waals surface area (Å²) in [6, 6.07) is 1.43. The minimum atomic E-state index is -1.59. The van der Waals surface area contributed by atoms with Crippen molar-refractivity contribution in [2.45, 2.75) is 12.2 Å². The second-order valence-electron chi connectivity index (χ2n) is 2.39. The molecule has 0 bridgehead atoms. The Kier molecular flexibility index (Phi) is 3.14. The SMILES string of the molecule is N#CC(O)C(O)c1nc(C(=O)O)cs1. The summed E-state index contributed by atoms with van der Waals surface area (Å²) >= 11 is 0.877. The minimum Gasteiger partial charge on any atom is -0.476 e. The number of hydrogen-bond acceptors (Lipinski definition) is 6. The van der Waals surface area contributed by atoms with Gasteiger partial charge in [-0.3, -0.25) is 0 Å². The van der Waals surface area contributed by atoms with Crippen molar-refractivity contribution in [2.75, 3.05) is 0 Å². The maximum atomic E-state index is 10.4. The van der Waals surface area contributed by atoms with Crippen LogP contribution in [0.2, 0.25) is 0 Å². The Labute approximate surface area is 82.7 Å². The summed E-state index contributed by atoms with van der Waals surface area (Å²) in [5.74, 6) is -1.22. The number of aliphatic hydroxyl groups excluding tert-OH is 2. The molecule has 1 heterocycles. The number of carbonyl (C=O) groups is 1. The molecule has 0 aliphatic carbocycles. The Morgan fingerprint density at radius 1 is 1.64 bits per heavy atom. The lowest BCUT2D eigenvalue weighted by Gasteiger charge is -2.06. The number of aromatic carboxylic acids is 1. The fraction of sp³-hybridized carbons (Fsp3) is 0.286. The van der Waals surface area contributed by atoms with Crippen molar-refractivity contribution in [2.24, 2.45) is 0 Å². The van der Waals surface area contributed by atoms with Crippen molar-refractivity contribution < 1.29 is 20.1 Å². The standard InChI is InChI=1S/C7H6N2O4S/c8-1-4(10)5(11)6-9-3(2-14-6)7(12)13/h2,4-5,10-11H,(H,12,13). The molecule has 6 nitrogen and oxygen atoms in total. The van der Waals surface area contributed by atoms with Gasteiger partial charge in [0.1, 0.15) is 11.1 Å². The number of rotatable bonds is 3. The highest BCUT2D eigenvalue weighted by Crippen LogP contribution is 2.20. The lowest BCUT2D eigenvalue weighted by Crippen LogP contribution is -2.15. The molecule has 1 aromatic heterocycles. The van der Waals surface area contributed by atoms with Crippen LogP contribution in [0, 0.1) is 11.3 Å². The van der Waals surface area contributed by atoms with E-state index in [4.69, 9.17) is 15.5 Å². The van der Waals surface area contributed by atoms with E-state index in [0.29, 0.717) is 0 Å². The second kappa shape index (κ2) is 4.15. The molecule has 0 radical (unpaired) electrons. The number of hydrogen-bond donors (Lipinski definition) is 3. The van der Waals surface area contributed by atoms with Gasteiger partial charge >= 0.3 is 5.97 Å². The van der Waals surface area contributed by atoms with Crippen molar-refractivity contribution >= 4 is 17.3 Å². The van der Waals surface area contributed by atoms with Gasteiger partial charge in [0, 0.05) is 5.38 Å². The summed E-state index contributed by atoms with van der Waals surface area (Å²) in [5, 5.41) is 36.2. The van der Waals surface area contributed by atoms with E-state index in [1.165, 1.54) is 11.4 Å². The monoisotopic (exact) mass is 214 g/mol. The van der Waals surface area contributed by atoms with Gasteiger partial charge in [-0.05, 0) is 0 Å². The van der Waals surface area contributed by atoms with E-state index in [9.17, 15) is 9.90 Å². The van der Waals surface area contributed by atoms with Gasteiger partial charge in [-0.25, -0.2) is 9.78 Å². The molecule has 14 heavy (non-hydrogen) atoms. The predicted molar refractivity (Wildman–Crippen MR) is 45.7 cm³/mol. The molecule has 0 fully saturated rings. The highest BCUT2D eigenvalue weighted by atomic mass is 32.1. The molecule has 0 saturated carbocycles. The largest absolute Gasteiger partial charge is 0.476 e. The van der Waals surface area contributed by atoms with Crippen LogP contribution in [-0.2, 0) is 0 Å². The number of nitriles is 1. The molecular weight excluding hydrogens is 208 g/mol. The highest BCUT2D eigenvalue weighted by Gasteiger charge is 2.22. The van der Waals surface area contributed by atoms with Crippen LogP contribution in [0.15, 0.2) is 5.38 Å². The number of carboxylic acids is 1. The third kappa shape index (κ3) is 2.05. The van der Waals surface area contributed by atoms with Crippen LogP contribution in [0.5, 0.6) is 0 Å². The third-order valence-corrected chi connectivity index (χ3v) is 2.34.